The molecule has 0 aliphatic carbocycles. The number of hydrogen-bond acceptors (Lipinski definition) is 2. The Labute approximate surface area is 53.8 Å². The number of aliphatic carboxylic acids is 1. The van der Waals surface area contributed by atoms with Crippen molar-refractivity contribution < 1.29 is 14.7 Å². The Morgan fingerprint density at radius 1 is 1.43 bits per heavy atom. The summed E-state index contributed by atoms with van der Waals surface area (Å²) in [6.45, 7) is 1.00. The first-order valence-electron chi connectivity index (χ1n) is 1.38. The molecular formula is C3H7GaO3. The van der Waals surface area contributed by atoms with Crippen molar-refractivity contribution in [2.75, 3.05) is 0 Å². The van der Waals surface area contributed by atoms with Gasteiger partial charge >= 0.3 is 25.8 Å². The molecule has 0 heterocycles. The molecule has 0 bridgehead atoms. The summed E-state index contributed by atoms with van der Waals surface area (Å²) in [6.07, 6.45) is 0. The SMILES string of the molecule is CC(=O)C(=O)O.[GaH3]. The number of hydrogen-bond donors (Lipinski definition) is 1. The van der Waals surface area contributed by atoms with E-state index in [1.54, 1.807) is 0 Å². The fourth-order valence-corrected chi connectivity index (χ4v) is 0. The van der Waals surface area contributed by atoms with E-state index in [-0.39, 0.29) is 19.8 Å². The predicted octanol–water partition coefficient (Wildman–Crippen LogP) is -1.52. The van der Waals surface area contributed by atoms with E-state index in [0.717, 1.165) is 6.92 Å². The molecule has 4 heteroatoms. The Hall–Kier alpha value is -0.224. The molecule has 0 aromatic rings. The summed E-state index contributed by atoms with van der Waals surface area (Å²) in [6, 6.07) is 0. The van der Waals surface area contributed by atoms with Crippen LogP contribution in [0.3, 0.4) is 0 Å². The third kappa shape index (κ3) is 5.78. The zero-order valence-electron chi connectivity index (χ0n) is 3.26. The van der Waals surface area contributed by atoms with Crippen molar-refractivity contribution in [2.24, 2.45) is 0 Å². The number of carbonyl (C=O) groups excluding carboxylic acids is 1. The van der Waals surface area contributed by atoms with Crippen LogP contribution in [0, 0.1) is 0 Å². The Bertz CT molecular complexity index is 76.2. The molecule has 0 amide bonds. The van der Waals surface area contributed by atoms with E-state index in [4.69, 9.17) is 5.11 Å². The van der Waals surface area contributed by atoms with Crippen molar-refractivity contribution in [3.63, 3.8) is 0 Å². The van der Waals surface area contributed by atoms with Crippen LogP contribution in [-0.2, 0) is 9.59 Å². The van der Waals surface area contributed by atoms with Crippen molar-refractivity contribution in [1.29, 1.82) is 0 Å². The van der Waals surface area contributed by atoms with Crippen LogP contribution < -0.4 is 0 Å². The summed E-state index contributed by atoms with van der Waals surface area (Å²) >= 11 is 0. The predicted molar refractivity (Wildman–Crippen MR) is 28.3 cm³/mol. The molecule has 0 saturated carbocycles. The van der Waals surface area contributed by atoms with Gasteiger partial charge in [-0.2, -0.15) is 0 Å². The maximum absolute atomic E-state index is 9.54. The molecule has 0 rings (SSSR count). The number of carbonyl (C=O) groups is 2. The van der Waals surface area contributed by atoms with Crippen molar-refractivity contribution in [2.45, 2.75) is 6.92 Å². The maximum atomic E-state index is 9.54. The van der Waals surface area contributed by atoms with Gasteiger partial charge in [0.05, 0.1) is 0 Å². The van der Waals surface area contributed by atoms with Gasteiger partial charge in [-0.25, -0.2) is 4.79 Å². The average molecular weight is 161 g/mol. The molecule has 0 aromatic heterocycles. The zero-order chi connectivity index (χ0) is 5.15. The molecule has 0 fully saturated rings. The zero-order valence-corrected chi connectivity index (χ0v) is 3.26. The van der Waals surface area contributed by atoms with Crippen molar-refractivity contribution >= 4 is 31.5 Å². The molecule has 0 spiro atoms. The molecule has 0 radical (unpaired) electrons. The summed E-state index contributed by atoms with van der Waals surface area (Å²) in [5.41, 5.74) is 0. The van der Waals surface area contributed by atoms with Gasteiger partial charge in [0.2, 0.25) is 5.78 Å². The van der Waals surface area contributed by atoms with Crippen LogP contribution in [0.25, 0.3) is 0 Å². The second kappa shape index (κ2) is 3.95. The Balaban J connectivity index is 0. The van der Waals surface area contributed by atoms with E-state index < -0.39 is 11.8 Å². The molecule has 0 aliphatic heterocycles. The standard InChI is InChI=1S/C3H4O3.Ga.3H/c1-2(4)3(5)6;;;;/h1H3,(H,5,6);;;;. The first-order chi connectivity index (χ1) is 2.64. The molecule has 0 aliphatic rings. The summed E-state index contributed by atoms with van der Waals surface area (Å²) in [5, 5.41) is 7.64. The first kappa shape index (κ1) is 9.91. The van der Waals surface area contributed by atoms with Crippen molar-refractivity contribution in [3.05, 3.63) is 0 Å². The second-order valence-corrected chi connectivity index (χ2v) is 0.861. The topological polar surface area (TPSA) is 54.4 Å². The first-order valence-corrected chi connectivity index (χ1v) is 1.38. The Kier molecular flexibility index (Phi) is 5.59. The van der Waals surface area contributed by atoms with Crippen molar-refractivity contribution in [1.82, 2.24) is 0 Å². The van der Waals surface area contributed by atoms with Gasteiger partial charge in [-0.05, 0) is 0 Å². The Morgan fingerprint density at radius 3 is 1.57 bits per heavy atom. The summed E-state index contributed by atoms with van der Waals surface area (Å²) in [4.78, 5) is 18.9. The van der Waals surface area contributed by atoms with Gasteiger partial charge < -0.3 is 5.11 Å². The molecule has 3 nitrogen and oxygen atoms in total. The molecule has 0 atom stereocenters. The Morgan fingerprint density at radius 2 is 1.57 bits per heavy atom. The van der Waals surface area contributed by atoms with E-state index in [0.29, 0.717) is 0 Å². The number of rotatable bonds is 1. The van der Waals surface area contributed by atoms with Crippen LogP contribution in [0.15, 0.2) is 0 Å². The molecule has 0 saturated heterocycles. The number of carboxylic acid groups (broad SMARTS) is 1. The fraction of sp³-hybridized carbons (Fsp3) is 0.333. The van der Waals surface area contributed by atoms with Gasteiger partial charge in [0, 0.05) is 6.92 Å². The number of carboxylic acids is 1. The number of ketones is 1. The monoisotopic (exact) mass is 160 g/mol. The van der Waals surface area contributed by atoms with Crippen LogP contribution in [0.4, 0.5) is 0 Å². The van der Waals surface area contributed by atoms with E-state index >= 15 is 0 Å². The molecule has 40 valence electrons. The number of Topliss-reactive ketones (excluding diaryl/α,β-unsaturated/α-hetero) is 1. The van der Waals surface area contributed by atoms with Crippen LogP contribution in [0.2, 0.25) is 0 Å². The summed E-state index contributed by atoms with van der Waals surface area (Å²) < 4.78 is 0. The van der Waals surface area contributed by atoms with E-state index in [1.165, 1.54) is 0 Å². The fourth-order valence-electron chi connectivity index (χ4n) is 0. The van der Waals surface area contributed by atoms with Gasteiger partial charge in [0.1, 0.15) is 0 Å². The normalized spacial score (nSPS) is 6.43. The third-order valence-corrected chi connectivity index (χ3v) is 0.301. The minimum atomic E-state index is -1.38. The van der Waals surface area contributed by atoms with Crippen LogP contribution in [0.1, 0.15) is 6.92 Å². The van der Waals surface area contributed by atoms with Gasteiger partial charge in [0.15, 0.2) is 0 Å². The van der Waals surface area contributed by atoms with Gasteiger partial charge in [-0.1, -0.05) is 0 Å². The molecule has 0 unspecified atom stereocenters. The summed E-state index contributed by atoms with van der Waals surface area (Å²) in [5.74, 6) is -2.20. The van der Waals surface area contributed by atoms with Gasteiger partial charge in [0.25, 0.3) is 0 Å². The quantitative estimate of drug-likeness (QED) is 0.375. The van der Waals surface area contributed by atoms with Crippen LogP contribution >= 0.6 is 0 Å². The van der Waals surface area contributed by atoms with E-state index in [9.17, 15) is 9.59 Å². The van der Waals surface area contributed by atoms with Gasteiger partial charge in [-0.3, -0.25) is 4.79 Å². The molecule has 1 N–H and O–H groups in total. The van der Waals surface area contributed by atoms with Gasteiger partial charge in [-0.15, -0.1) is 0 Å². The second-order valence-electron chi connectivity index (χ2n) is 0.861. The van der Waals surface area contributed by atoms with E-state index in [2.05, 4.69) is 0 Å². The van der Waals surface area contributed by atoms with E-state index in [1.807, 2.05) is 0 Å². The molecule has 0 aromatic carbocycles. The third-order valence-electron chi connectivity index (χ3n) is 0.301. The molecular weight excluding hydrogens is 154 g/mol. The van der Waals surface area contributed by atoms with Crippen LogP contribution in [-0.4, -0.2) is 36.6 Å². The minimum absolute atomic E-state index is 0. The summed E-state index contributed by atoms with van der Waals surface area (Å²) in [7, 11) is 0. The van der Waals surface area contributed by atoms with Crippen LogP contribution in [0.5, 0.6) is 0 Å². The molecule has 7 heavy (non-hydrogen) atoms. The van der Waals surface area contributed by atoms with Crippen molar-refractivity contribution in [3.8, 4) is 0 Å². The average Bonchev–Trinajstić information content (AvgIpc) is 1.36.